The predicted molar refractivity (Wildman–Crippen MR) is 72.6 cm³/mol. The highest BCUT2D eigenvalue weighted by molar-refractivity contribution is 6.15. The van der Waals surface area contributed by atoms with Gasteiger partial charge >= 0.3 is 0 Å². The molecule has 0 N–H and O–H groups in total. The zero-order valence-electron chi connectivity index (χ0n) is 12.0. The molecule has 2 bridgehead atoms. The van der Waals surface area contributed by atoms with Crippen LogP contribution < -0.4 is 0 Å². The number of fused-ring (bicyclic) bond motifs is 2. The maximum absolute atomic E-state index is 11.6. The molecule has 6 nitrogen and oxygen atoms in total. The van der Waals surface area contributed by atoms with Crippen molar-refractivity contribution in [3.05, 3.63) is 23.8 Å². The summed E-state index contributed by atoms with van der Waals surface area (Å²) in [5.74, 6) is 0.528. The second-order valence-corrected chi connectivity index (χ2v) is 5.66. The molecule has 0 radical (unpaired) electrons. The van der Waals surface area contributed by atoms with Gasteiger partial charge in [0.15, 0.2) is 6.79 Å². The molecule has 3 aliphatic rings. The van der Waals surface area contributed by atoms with Crippen LogP contribution in [-0.2, 0) is 23.8 Å². The van der Waals surface area contributed by atoms with Crippen molar-refractivity contribution in [2.75, 3.05) is 20.3 Å². The Bertz CT molecular complexity index is 498. The molecule has 21 heavy (non-hydrogen) atoms. The van der Waals surface area contributed by atoms with Crippen LogP contribution in [0.5, 0.6) is 0 Å². The minimum atomic E-state index is -0.345. The summed E-state index contributed by atoms with van der Waals surface area (Å²) in [5, 5.41) is 0. The molecule has 1 saturated carbocycles. The largest absolute Gasteiger partial charge is 0.351 e. The van der Waals surface area contributed by atoms with Crippen molar-refractivity contribution in [2.24, 2.45) is 11.8 Å². The molecule has 2 aliphatic carbocycles. The average molecular weight is 293 g/mol. The summed E-state index contributed by atoms with van der Waals surface area (Å²) < 4.78 is 16.1. The summed E-state index contributed by atoms with van der Waals surface area (Å²) in [6, 6.07) is 0. The second-order valence-electron chi connectivity index (χ2n) is 5.66. The summed E-state index contributed by atoms with van der Waals surface area (Å²) in [7, 11) is 0. The van der Waals surface area contributed by atoms with Crippen molar-refractivity contribution in [1.82, 2.24) is 4.90 Å². The van der Waals surface area contributed by atoms with E-state index in [0.29, 0.717) is 17.4 Å². The fourth-order valence-electron chi connectivity index (χ4n) is 3.04. The number of amides is 2. The number of carbonyl (C=O) groups excluding carboxylic acids is 2. The quantitative estimate of drug-likeness (QED) is 0.305. The normalized spacial score (nSPS) is 30.6. The Labute approximate surface area is 123 Å². The van der Waals surface area contributed by atoms with Gasteiger partial charge in [-0.2, -0.15) is 0 Å². The van der Waals surface area contributed by atoms with Crippen LogP contribution in [0, 0.1) is 11.8 Å². The summed E-state index contributed by atoms with van der Waals surface area (Å²) in [6.07, 6.45) is 8.27. The number of imide groups is 1. The third kappa shape index (κ3) is 3.07. The van der Waals surface area contributed by atoms with E-state index in [1.165, 1.54) is 12.5 Å². The van der Waals surface area contributed by atoms with Crippen LogP contribution in [0.3, 0.4) is 0 Å². The van der Waals surface area contributed by atoms with E-state index < -0.39 is 0 Å². The van der Waals surface area contributed by atoms with Crippen LogP contribution >= 0.6 is 0 Å². The first kappa shape index (κ1) is 14.4. The first-order valence-electron chi connectivity index (χ1n) is 7.14. The van der Waals surface area contributed by atoms with Gasteiger partial charge in [0.1, 0.15) is 13.5 Å². The van der Waals surface area contributed by atoms with Crippen LogP contribution in [0.25, 0.3) is 0 Å². The molecule has 114 valence electrons. The third-order valence-corrected chi connectivity index (χ3v) is 4.16. The average Bonchev–Trinajstić information content (AvgIpc) is 3.13. The molecule has 0 aromatic heterocycles. The lowest BCUT2D eigenvalue weighted by atomic mass is 10.1. The summed E-state index contributed by atoms with van der Waals surface area (Å²) in [6.45, 7) is 1.67. The molecule has 0 aromatic rings. The van der Waals surface area contributed by atoms with Crippen molar-refractivity contribution in [3.8, 4) is 0 Å². The molecular formula is C15H19NO5. The number of ether oxygens (including phenoxy) is 3. The zero-order chi connectivity index (χ0) is 14.8. The van der Waals surface area contributed by atoms with Gasteiger partial charge in [-0.05, 0) is 25.7 Å². The van der Waals surface area contributed by atoms with Crippen molar-refractivity contribution < 1.29 is 23.8 Å². The molecule has 0 saturated heterocycles. The van der Waals surface area contributed by atoms with E-state index in [9.17, 15) is 9.59 Å². The number of rotatable bonds is 7. The van der Waals surface area contributed by atoms with E-state index in [4.69, 9.17) is 14.2 Å². The van der Waals surface area contributed by atoms with E-state index >= 15 is 0 Å². The Balaban J connectivity index is 1.27. The minimum absolute atomic E-state index is 0.00718. The molecule has 1 aliphatic heterocycles. The molecule has 2 amide bonds. The Morgan fingerprint density at radius 3 is 2.67 bits per heavy atom. The zero-order valence-corrected chi connectivity index (χ0v) is 12.0. The summed E-state index contributed by atoms with van der Waals surface area (Å²) in [4.78, 5) is 24.0. The fourth-order valence-corrected chi connectivity index (χ4v) is 3.04. The Kier molecular flexibility index (Phi) is 4.19. The SMILES string of the molecule is CC1=CC(=O)N(COCOCOC2CC3C=CC2C3)C1=O. The van der Waals surface area contributed by atoms with Gasteiger partial charge in [0, 0.05) is 17.6 Å². The van der Waals surface area contributed by atoms with Crippen LogP contribution in [-0.4, -0.2) is 43.1 Å². The summed E-state index contributed by atoms with van der Waals surface area (Å²) >= 11 is 0. The lowest BCUT2D eigenvalue weighted by molar-refractivity contribution is -0.170. The Hall–Kier alpha value is -1.50. The van der Waals surface area contributed by atoms with Crippen molar-refractivity contribution >= 4 is 11.8 Å². The first-order chi connectivity index (χ1) is 10.1. The van der Waals surface area contributed by atoms with E-state index in [1.54, 1.807) is 6.92 Å². The standard InChI is InChI=1S/C15H19NO5/c1-10-4-14(17)16(15(10)18)7-19-8-20-9-21-13-6-11-2-3-12(13)5-11/h2-4,11-13H,5-9H2,1H3. The van der Waals surface area contributed by atoms with E-state index in [2.05, 4.69) is 12.2 Å². The van der Waals surface area contributed by atoms with E-state index in [-0.39, 0.29) is 38.2 Å². The van der Waals surface area contributed by atoms with Gasteiger partial charge in [0.25, 0.3) is 11.8 Å². The number of hydrogen-bond acceptors (Lipinski definition) is 5. The van der Waals surface area contributed by atoms with Crippen LogP contribution in [0.1, 0.15) is 19.8 Å². The third-order valence-electron chi connectivity index (χ3n) is 4.16. The van der Waals surface area contributed by atoms with Crippen LogP contribution in [0.4, 0.5) is 0 Å². The van der Waals surface area contributed by atoms with E-state index in [0.717, 1.165) is 11.3 Å². The summed E-state index contributed by atoms with van der Waals surface area (Å²) in [5.41, 5.74) is 0.428. The molecule has 3 unspecified atom stereocenters. The Morgan fingerprint density at radius 2 is 2.05 bits per heavy atom. The van der Waals surface area contributed by atoms with Crippen LogP contribution in [0.2, 0.25) is 0 Å². The van der Waals surface area contributed by atoms with Crippen molar-refractivity contribution in [3.63, 3.8) is 0 Å². The Morgan fingerprint density at radius 1 is 1.19 bits per heavy atom. The number of allylic oxidation sites excluding steroid dienone is 1. The highest BCUT2D eigenvalue weighted by Gasteiger charge is 2.36. The molecule has 6 heteroatoms. The lowest BCUT2D eigenvalue weighted by Crippen LogP contribution is -2.33. The molecular weight excluding hydrogens is 274 g/mol. The lowest BCUT2D eigenvalue weighted by Gasteiger charge is -2.19. The number of hydrogen-bond donors (Lipinski definition) is 0. The molecule has 3 atom stereocenters. The predicted octanol–water partition coefficient (Wildman–Crippen LogP) is 1.19. The molecule has 0 aromatic carbocycles. The minimum Gasteiger partial charge on any atom is -0.351 e. The maximum Gasteiger partial charge on any atom is 0.258 e. The number of carbonyl (C=O) groups is 2. The number of nitrogens with zero attached hydrogens (tertiary/aromatic N) is 1. The molecule has 0 spiro atoms. The van der Waals surface area contributed by atoms with Crippen molar-refractivity contribution in [2.45, 2.75) is 25.9 Å². The monoisotopic (exact) mass is 293 g/mol. The van der Waals surface area contributed by atoms with Gasteiger partial charge in [-0.25, -0.2) is 0 Å². The van der Waals surface area contributed by atoms with Gasteiger partial charge in [0.2, 0.25) is 0 Å². The maximum atomic E-state index is 11.6. The molecule has 1 fully saturated rings. The fraction of sp³-hybridized carbons (Fsp3) is 0.600. The van der Waals surface area contributed by atoms with Gasteiger partial charge in [0.05, 0.1) is 6.10 Å². The molecule has 3 rings (SSSR count). The highest BCUT2D eigenvalue weighted by atomic mass is 16.7. The highest BCUT2D eigenvalue weighted by Crippen LogP contribution is 2.40. The molecule has 1 heterocycles. The van der Waals surface area contributed by atoms with Gasteiger partial charge < -0.3 is 14.2 Å². The second kappa shape index (κ2) is 6.09. The first-order valence-corrected chi connectivity index (χ1v) is 7.14. The van der Waals surface area contributed by atoms with Crippen molar-refractivity contribution in [1.29, 1.82) is 0 Å². The topological polar surface area (TPSA) is 65.1 Å². The van der Waals surface area contributed by atoms with Crippen LogP contribution in [0.15, 0.2) is 23.8 Å². The van der Waals surface area contributed by atoms with Gasteiger partial charge in [-0.15, -0.1) is 0 Å². The van der Waals surface area contributed by atoms with Gasteiger partial charge in [-0.3, -0.25) is 14.5 Å². The van der Waals surface area contributed by atoms with Gasteiger partial charge in [-0.1, -0.05) is 12.2 Å². The van der Waals surface area contributed by atoms with E-state index in [1.807, 2.05) is 0 Å². The smallest absolute Gasteiger partial charge is 0.258 e.